The Labute approximate surface area is 113 Å². The fourth-order valence-corrected chi connectivity index (χ4v) is 2.95. The summed E-state index contributed by atoms with van der Waals surface area (Å²) in [7, 11) is 0. The topological polar surface area (TPSA) is 29.5 Å². The maximum absolute atomic E-state index is 11.9. The molecular formula is C16H19NO2. The summed E-state index contributed by atoms with van der Waals surface area (Å²) in [5.41, 5.74) is 3.40. The van der Waals surface area contributed by atoms with Gasteiger partial charge < -0.3 is 9.64 Å². The van der Waals surface area contributed by atoms with Crippen molar-refractivity contribution in [3.63, 3.8) is 0 Å². The molecule has 3 heteroatoms. The molecule has 0 bridgehead atoms. The first-order chi connectivity index (χ1) is 9.24. The molecule has 1 aromatic carbocycles. The van der Waals surface area contributed by atoms with Gasteiger partial charge in [0.25, 0.3) is 0 Å². The Hall–Kier alpha value is -1.77. The van der Waals surface area contributed by atoms with Crippen molar-refractivity contribution in [2.45, 2.75) is 38.8 Å². The van der Waals surface area contributed by atoms with Crippen LogP contribution in [-0.2, 0) is 16.1 Å². The molecule has 2 fully saturated rings. The summed E-state index contributed by atoms with van der Waals surface area (Å²) in [6, 6.07) is 10.4. The predicted molar refractivity (Wildman–Crippen MR) is 73.3 cm³/mol. The summed E-state index contributed by atoms with van der Waals surface area (Å²) in [4.78, 5) is 14.2. The van der Waals surface area contributed by atoms with E-state index in [0.717, 1.165) is 37.9 Å². The molecular weight excluding hydrogens is 238 g/mol. The second-order valence-electron chi connectivity index (χ2n) is 5.36. The van der Waals surface area contributed by atoms with Crippen LogP contribution < -0.4 is 0 Å². The molecule has 2 aliphatic heterocycles. The van der Waals surface area contributed by atoms with Crippen molar-refractivity contribution in [1.29, 1.82) is 0 Å². The molecule has 3 rings (SSSR count). The maximum atomic E-state index is 11.9. The average molecular weight is 257 g/mol. The Morgan fingerprint density at radius 2 is 2.11 bits per heavy atom. The standard InChI is InChI=1S/C16H19NO2/c1-12-10-14(16(18)19-12)15-8-5-9-17(15)11-13-6-3-2-4-7-13/h2-4,6-7,12H,5,8-11H2,1H3/b15-14+. The van der Waals surface area contributed by atoms with Crippen molar-refractivity contribution < 1.29 is 9.53 Å². The summed E-state index contributed by atoms with van der Waals surface area (Å²) in [6.45, 7) is 3.89. The van der Waals surface area contributed by atoms with Crippen molar-refractivity contribution in [1.82, 2.24) is 4.90 Å². The van der Waals surface area contributed by atoms with E-state index in [4.69, 9.17) is 4.74 Å². The second-order valence-corrected chi connectivity index (χ2v) is 5.36. The van der Waals surface area contributed by atoms with Gasteiger partial charge in [0.2, 0.25) is 0 Å². The van der Waals surface area contributed by atoms with Crippen LogP contribution >= 0.6 is 0 Å². The predicted octanol–water partition coefficient (Wildman–Crippen LogP) is 2.87. The normalized spacial score (nSPS) is 26.9. The number of esters is 1. The van der Waals surface area contributed by atoms with E-state index in [-0.39, 0.29) is 12.1 Å². The molecule has 0 spiro atoms. The fraction of sp³-hybridized carbons (Fsp3) is 0.438. The zero-order chi connectivity index (χ0) is 13.2. The van der Waals surface area contributed by atoms with Crippen LogP contribution in [0.4, 0.5) is 0 Å². The van der Waals surface area contributed by atoms with Crippen LogP contribution in [0.1, 0.15) is 31.7 Å². The van der Waals surface area contributed by atoms with E-state index in [1.54, 1.807) is 0 Å². The molecule has 0 aromatic heterocycles. The summed E-state index contributed by atoms with van der Waals surface area (Å²) in [5, 5.41) is 0. The zero-order valence-electron chi connectivity index (χ0n) is 11.3. The van der Waals surface area contributed by atoms with E-state index in [2.05, 4.69) is 29.2 Å². The van der Waals surface area contributed by atoms with Gasteiger partial charge in [0, 0.05) is 25.2 Å². The first kappa shape index (κ1) is 12.3. The van der Waals surface area contributed by atoms with Crippen molar-refractivity contribution in [2.75, 3.05) is 6.54 Å². The number of carbonyl (C=O) groups excluding carboxylic acids is 1. The number of rotatable bonds is 2. The Kier molecular flexibility index (Phi) is 3.28. The lowest BCUT2D eigenvalue weighted by Crippen LogP contribution is -2.19. The SMILES string of the molecule is CC1C/C(=C2/CCCN2Cc2ccccc2)C(=O)O1. The third-order valence-electron chi connectivity index (χ3n) is 3.83. The Morgan fingerprint density at radius 1 is 1.32 bits per heavy atom. The summed E-state index contributed by atoms with van der Waals surface area (Å²) < 4.78 is 5.26. The Morgan fingerprint density at radius 3 is 2.79 bits per heavy atom. The van der Waals surface area contributed by atoms with Gasteiger partial charge in [-0.1, -0.05) is 30.3 Å². The number of carbonyl (C=O) groups is 1. The molecule has 2 saturated heterocycles. The smallest absolute Gasteiger partial charge is 0.336 e. The molecule has 19 heavy (non-hydrogen) atoms. The van der Waals surface area contributed by atoms with Gasteiger partial charge >= 0.3 is 5.97 Å². The molecule has 1 unspecified atom stereocenters. The molecule has 2 aliphatic rings. The molecule has 0 saturated carbocycles. The number of ether oxygens (including phenoxy) is 1. The molecule has 0 amide bonds. The largest absolute Gasteiger partial charge is 0.459 e. The first-order valence-electron chi connectivity index (χ1n) is 6.96. The highest BCUT2D eigenvalue weighted by Crippen LogP contribution is 2.32. The molecule has 0 aliphatic carbocycles. The first-order valence-corrected chi connectivity index (χ1v) is 6.96. The number of allylic oxidation sites excluding steroid dienone is 1. The van der Waals surface area contributed by atoms with Gasteiger partial charge in [0.05, 0.1) is 5.57 Å². The van der Waals surface area contributed by atoms with Crippen LogP contribution in [0.3, 0.4) is 0 Å². The van der Waals surface area contributed by atoms with Gasteiger partial charge in [-0.05, 0) is 25.3 Å². The van der Waals surface area contributed by atoms with Gasteiger partial charge in [-0.25, -0.2) is 4.79 Å². The highest BCUT2D eigenvalue weighted by molar-refractivity contribution is 5.91. The van der Waals surface area contributed by atoms with Crippen LogP contribution in [0.5, 0.6) is 0 Å². The molecule has 100 valence electrons. The van der Waals surface area contributed by atoms with E-state index < -0.39 is 0 Å². The van der Waals surface area contributed by atoms with Crippen LogP contribution in [0.15, 0.2) is 41.6 Å². The summed E-state index contributed by atoms with van der Waals surface area (Å²) >= 11 is 0. The summed E-state index contributed by atoms with van der Waals surface area (Å²) in [5.74, 6) is -0.109. The minimum atomic E-state index is -0.109. The fourth-order valence-electron chi connectivity index (χ4n) is 2.95. The van der Waals surface area contributed by atoms with E-state index in [0.29, 0.717) is 0 Å². The Bertz CT molecular complexity index is 507. The maximum Gasteiger partial charge on any atom is 0.336 e. The minimum Gasteiger partial charge on any atom is -0.459 e. The molecule has 3 nitrogen and oxygen atoms in total. The van der Waals surface area contributed by atoms with Crippen molar-refractivity contribution in [3.8, 4) is 0 Å². The average Bonchev–Trinajstić information content (AvgIpc) is 2.97. The number of nitrogens with zero attached hydrogens (tertiary/aromatic N) is 1. The molecule has 1 atom stereocenters. The van der Waals surface area contributed by atoms with E-state index in [1.807, 2.05) is 13.0 Å². The quantitative estimate of drug-likeness (QED) is 0.602. The number of cyclic esters (lactones) is 1. The lowest BCUT2D eigenvalue weighted by molar-refractivity contribution is -0.138. The number of hydrogen-bond donors (Lipinski definition) is 0. The monoisotopic (exact) mass is 257 g/mol. The highest BCUT2D eigenvalue weighted by atomic mass is 16.5. The zero-order valence-corrected chi connectivity index (χ0v) is 11.3. The summed E-state index contributed by atoms with van der Waals surface area (Å²) in [6.07, 6.45) is 2.94. The van der Waals surface area contributed by atoms with Gasteiger partial charge in [0.1, 0.15) is 6.10 Å². The number of hydrogen-bond acceptors (Lipinski definition) is 3. The second kappa shape index (κ2) is 5.08. The van der Waals surface area contributed by atoms with E-state index in [1.165, 1.54) is 11.3 Å². The van der Waals surface area contributed by atoms with E-state index in [9.17, 15) is 4.79 Å². The van der Waals surface area contributed by atoms with Crippen LogP contribution in [0.25, 0.3) is 0 Å². The third kappa shape index (κ3) is 2.50. The lowest BCUT2D eigenvalue weighted by atomic mass is 10.1. The van der Waals surface area contributed by atoms with Crippen molar-refractivity contribution in [3.05, 3.63) is 47.2 Å². The molecule has 0 radical (unpaired) electrons. The van der Waals surface area contributed by atoms with Crippen molar-refractivity contribution in [2.24, 2.45) is 0 Å². The van der Waals surface area contributed by atoms with Crippen LogP contribution in [0, 0.1) is 0 Å². The van der Waals surface area contributed by atoms with Gasteiger partial charge in [-0.15, -0.1) is 0 Å². The van der Waals surface area contributed by atoms with Crippen LogP contribution in [-0.4, -0.2) is 23.5 Å². The number of benzene rings is 1. The van der Waals surface area contributed by atoms with Gasteiger partial charge in [-0.3, -0.25) is 0 Å². The van der Waals surface area contributed by atoms with Crippen molar-refractivity contribution >= 4 is 5.97 Å². The minimum absolute atomic E-state index is 0.0363. The Balaban J connectivity index is 1.82. The molecule has 0 N–H and O–H groups in total. The lowest BCUT2D eigenvalue weighted by Gasteiger charge is -2.21. The molecule has 1 aromatic rings. The number of likely N-dealkylation sites (tertiary alicyclic amines) is 1. The highest BCUT2D eigenvalue weighted by Gasteiger charge is 2.32. The van der Waals surface area contributed by atoms with E-state index >= 15 is 0 Å². The third-order valence-corrected chi connectivity index (χ3v) is 3.83. The van der Waals surface area contributed by atoms with Gasteiger partial charge in [-0.2, -0.15) is 0 Å². The molecule has 2 heterocycles. The van der Waals surface area contributed by atoms with Crippen LogP contribution in [0.2, 0.25) is 0 Å². The van der Waals surface area contributed by atoms with Gasteiger partial charge in [0.15, 0.2) is 0 Å².